The van der Waals surface area contributed by atoms with Crippen molar-refractivity contribution in [2.24, 2.45) is 11.8 Å². The maximum atomic E-state index is 5.89. The van der Waals surface area contributed by atoms with Crippen LogP contribution in [-0.4, -0.2) is 6.61 Å². The van der Waals surface area contributed by atoms with Crippen LogP contribution in [-0.2, 0) is 0 Å². The van der Waals surface area contributed by atoms with Gasteiger partial charge in [-0.05, 0) is 41.5 Å². The molecule has 1 heteroatoms. The molecule has 0 aliphatic carbocycles. The molecule has 0 saturated carbocycles. The van der Waals surface area contributed by atoms with Gasteiger partial charge in [-0.3, -0.25) is 0 Å². The Labute approximate surface area is 141 Å². The van der Waals surface area contributed by atoms with E-state index in [4.69, 9.17) is 4.74 Å². The topological polar surface area (TPSA) is 9.23 Å². The van der Waals surface area contributed by atoms with Gasteiger partial charge in [-0.2, -0.15) is 0 Å². The minimum Gasteiger partial charge on any atom is -0.494 e. The van der Waals surface area contributed by atoms with Crippen molar-refractivity contribution in [1.82, 2.24) is 0 Å². The van der Waals surface area contributed by atoms with E-state index >= 15 is 0 Å². The number of ether oxygens (including phenoxy) is 1. The summed E-state index contributed by atoms with van der Waals surface area (Å²) in [4.78, 5) is 0. The summed E-state index contributed by atoms with van der Waals surface area (Å²) in [5.74, 6) is 2.54. The molecule has 1 atom stereocenters. The second kappa shape index (κ2) is 9.39. The first-order valence-corrected chi connectivity index (χ1v) is 8.93. The van der Waals surface area contributed by atoms with Crippen LogP contribution < -0.4 is 4.74 Å². The zero-order valence-electron chi connectivity index (χ0n) is 14.8. The van der Waals surface area contributed by atoms with Gasteiger partial charge < -0.3 is 4.74 Å². The van der Waals surface area contributed by atoms with Gasteiger partial charge in [0.1, 0.15) is 5.75 Å². The Balaban J connectivity index is 1.72. The molecule has 2 aromatic rings. The zero-order chi connectivity index (χ0) is 16.5. The summed E-state index contributed by atoms with van der Waals surface area (Å²) in [6.07, 6.45) is 5.13. The normalized spacial score (nSPS) is 12.3. The first-order valence-electron chi connectivity index (χ1n) is 8.93. The monoisotopic (exact) mass is 310 g/mol. The van der Waals surface area contributed by atoms with Gasteiger partial charge in [-0.25, -0.2) is 0 Å². The van der Waals surface area contributed by atoms with E-state index in [0.717, 1.165) is 30.6 Å². The van der Waals surface area contributed by atoms with Crippen LogP contribution >= 0.6 is 0 Å². The van der Waals surface area contributed by atoms with Crippen LogP contribution in [0.2, 0.25) is 0 Å². The molecule has 1 unspecified atom stereocenters. The fourth-order valence-corrected chi connectivity index (χ4v) is 2.77. The summed E-state index contributed by atoms with van der Waals surface area (Å²) >= 11 is 0. The van der Waals surface area contributed by atoms with Gasteiger partial charge in [0.25, 0.3) is 0 Å². The fourth-order valence-electron chi connectivity index (χ4n) is 2.77. The molecule has 0 spiro atoms. The molecule has 1 nitrogen and oxygen atoms in total. The summed E-state index contributed by atoms with van der Waals surface area (Å²) < 4.78 is 5.89. The lowest BCUT2D eigenvalue weighted by molar-refractivity contribution is 0.276. The Kier molecular flexibility index (Phi) is 7.19. The average Bonchev–Trinajstić information content (AvgIpc) is 2.56. The highest BCUT2D eigenvalue weighted by Gasteiger charge is 2.04. The zero-order valence-corrected chi connectivity index (χ0v) is 14.8. The Morgan fingerprint density at radius 1 is 0.739 bits per heavy atom. The molecule has 23 heavy (non-hydrogen) atoms. The quantitative estimate of drug-likeness (QED) is 0.508. The van der Waals surface area contributed by atoms with Gasteiger partial charge >= 0.3 is 0 Å². The highest BCUT2D eigenvalue weighted by Crippen LogP contribution is 2.22. The van der Waals surface area contributed by atoms with Crippen LogP contribution in [0, 0.1) is 11.8 Å². The van der Waals surface area contributed by atoms with Crippen LogP contribution in [0.5, 0.6) is 5.75 Å². The lowest BCUT2D eigenvalue weighted by atomic mass is 9.98. The summed E-state index contributed by atoms with van der Waals surface area (Å²) in [5.41, 5.74) is 2.48. The van der Waals surface area contributed by atoms with Crippen LogP contribution in [0.3, 0.4) is 0 Å². The van der Waals surface area contributed by atoms with E-state index in [-0.39, 0.29) is 0 Å². The van der Waals surface area contributed by atoms with Crippen LogP contribution in [0.25, 0.3) is 11.1 Å². The third-order valence-electron chi connectivity index (χ3n) is 4.32. The predicted molar refractivity (Wildman–Crippen MR) is 99.8 cm³/mol. The lowest BCUT2D eigenvalue weighted by Crippen LogP contribution is -2.04. The van der Waals surface area contributed by atoms with Gasteiger partial charge in [0, 0.05) is 0 Å². The highest BCUT2D eigenvalue weighted by atomic mass is 16.5. The van der Waals surface area contributed by atoms with Gasteiger partial charge in [0.15, 0.2) is 0 Å². The van der Waals surface area contributed by atoms with E-state index in [9.17, 15) is 0 Å². The molecule has 0 fully saturated rings. The minimum absolute atomic E-state index is 0.748. The molecule has 0 amide bonds. The van der Waals surface area contributed by atoms with E-state index < -0.39 is 0 Å². The van der Waals surface area contributed by atoms with E-state index in [1.54, 1.807) is 0 Å². The molecule has 0 N–H and O–H groups in total. The molecule has 0 aliphatic rings. The predicted octanol–water partition coefficient (Wildman–Crippen LogP) is 6.58. The first-order chi connectivity index (χ1) is 11.1. The standard InChI is InChI=1S/C22H30O/c1-18(2)8-7-9-19(3)16-17-23-22-14-12-21(13-15-22)20-10-5-4-6-11-20/h4-6,10-15,18-19H,7-9,16-17H2,1-3H3. The Bertz CT molecular complexity index is 542. The molecule has 0 aromatic heterocycles. The lowest BCUT2D eigenvalue weighted by Gasteiger charge is -2.13. The number of hydrogen-bond acceptors (Lipinski definition) is 1. The Morgan fingerprint density at radius 2 is 1.39 bits per heavy atom. The largest absolute Gasteiger partial charge is 0.494 e. The molecule has 0 bridgehead atoms. The summed E-state index contributed by atoms with van der Waals surface area (Å²) in [6, 6.07) is 18.9. The molecule has 0 heterocycles. The molecule has 124 valence electrons. The van der Waals surface area contributed by atoms with Crippen molar-refractivity contribution in [3.63, 3.8) is 0 Å². The molecular formula is C22H30O. The summed E-state index contributed by atoms with van der Waals surface area (Å²) in [6.45, 7) is 7.75. The van der Waals surface area contributed by atoms with Gasteiger partial charge in [-0.1, -0.05) is 82.5 Å². The minimum atomic E-state index is 0.748. The van der Waals surface area contributed by atoms with Crippen LogP contribution in [0.1, 0.15) is 46.5 Å². The third-order valence-corrected chi connectivity index (χ3v) is 4.32. The van der Waals surface area contributed by atoms with Crippen molar-refractivity contribution in [3.05, 3.63) is 54.6 Å². The maximum absolute atomic E-state index is 5.89. The van der Waals surface area contributed by atoms with Gasteiger partial charge in [-0.15, -0.1) is 0 Å². The molecule has 0 saturated heterocycles. The molecule has 2 rings (SSSR count). The molecular weight excluding hydrogens is 280 g/mol. The molecule has 0 radical (unpaired) electrons. The second-order valence-electron chi connectivity index (χ2n) is 6.96. The van der Waals surface area contributed by atoms with E-state index in [2.05, 4.69) is 69.3 Å². The van der Waals surface area contributed by atoms with Crippen LogP contribution in [0.15, 0.2) is 54.6 Å². The number of rotatable bonds is 9. The van der Waals surface area contributed by atoms with E-state index in [1.165, 1.54) is 30.4 Å². The van der Waals surface area contributed by atoms with Crippen molar-refractivity contribution >= 4 is 0 Å². The highest BCUT2D eigenvalue weighted by molar-refractivity contribution is 5.63. The van der Waals surface area contributed by atoms with E-state index in [0.29, 0.717) is 0 Å². The summed E-state index contributed by atoms with van der Waals surface area (Å²) in [7, 11) is 0. The molecule has 2 aromatic carbocycles. The van der Waals surface area contributed by atoms with Gasteiger partial charge in [0.05, 0.1) is 6.61 Å². The Morgan fingerprint density at radius 3 is 2.04 bits per heavy atom. The smallest absolute Gasteiger partial charge is 0.119 e. The maximum Gasteiger partial charge on any atom is 0.119 e. The van der Waals surface area contributed by atoms with Crippen molar-refractivity contribution in [1.29, 1.82) is 0 Å². The second-order valence-corrected chi connectivity index (χ2v) is 6.96. The fraction of sp³-hybridized carbons (Fsp3) is 0.455. The van der Waals surface area contributed by atoms with Crippen molar-refractivity contribution < 1.29 is 4.74 Å². The number of hydrogen-bond donors (Lipinski definition) is 0. The van der Waals surface area contributed by atoms with Crippen molar-refractivity contribution in [2.75, 3.05) is 6.61 Å². The van der Waals surface area contributed by atoms with Crippen LogP contribution in [0.4, 0.5) is 0 Å². The average molecular weight is 310 g/mol. The SMILES string of the molecule is CC(C)CCCC(C)CCOc1ccc(-c2ccccc2)cc1. The summed E-state index contributed by atoms with van der Waals surface area (Å²) in [5, 5.41) is 0. The first kappa shape index (κ1) is 17.6. The molecule has 0 aliphatic heterocycles. The van der Waals surface area contributed by atoms with Crippen molar-refractivity contribution in [2.45, 2.75) is 46.5 Å². The Hall–Kier alpha value is -1.76. The third kappa shape index (κ3) is 6.48. The van der Waals surface area contributed by atoms with Crippen molar-refractivity contribution in [3.8, 4) is 16.9 Å². The number of benzene rings is 2. The van der Waals surface area contributed by atoms with Gasteiger partial charge in [0.2, 0.25) is 0 Å². The van der Waals surface area contributed by atoms with E-state index in [1.807, 2.05) is 6.07 Å².